The van der Waals surface area contributed by atoms with Gasteiger partial charge in [-0.25, -0.2) is 4.39 Å². The van der Waals surface area contributed by atoms with Gasteiger partial charge in [0.1, 0.15) is 12.4 Å². The minimum absolute atomic E-state index is 0.0517. The van der Waals surface area contributed by atoms with Crippen molar-refractivity contribution in [3.8, 4) is 0 Å². The number of nitrogens with one attached hydrogen (secondary N) is 1. The van der Waals surface area contributed by atoms with Crippen LogP contribution in [0.15, 0.2) is 24.3 Å². The highest BCUT2D eigenvalue weighted by Gasteiger charge is 2.32. The molecule has 132 valence electrons. The van der Waals surface area contributed by atoms with Gasteiger partial charge < -0.3 is 20.1 Å². The van der Waals surface area contributed by atoms with Crippen LogP contribution in [0.5, 0.6) is 0 Å². The Bertz CT molecular complexity index is 581. The lowest BCUT2D eigenvalue weighted by Crippen LogP contribution is -2.55. The minimum atomic E-state index is -0.371. The molecule has 1 fully saturated rings. The van der Waals surface area contributed by atoms with E-state index < -0.39 is 0 Å². The number of halogens is 1. The van der Waals surface area contributed by atoms with Crippen molar-refractivity contribution in [1.82, 2.24) is 10.2 Å². The molecule has 6 nitrogen and oxygen atoms in total. The molecular formula is C17H23FN2O4. The van der Waals surface area contributed by atoms with Gasteiger partial charge in [0.25, 0.3) is 0 Å². The highest BCUT2D eigenvalue weighted by atomic mass is 19.1. The van der Waals surface area contributed by atoms with Gasteiger partial charge in [0.2, 0.25) is 11.8 Å². The van der Waals surface area contributed by atoms with Crippen molar-refractivity contribution in [3.63, 3.8) is 0 Å². The molecule has 1 aliphatic rings. The average Bonchev–Trinajstić information content (AvgIpc) is 2.55. The van der Waals surface area contributed by atoms with Crippen molar-refractivity contribution in [2.24, 2.45) is 5.92 Å². The molecule has 2 atom stereocenters. The Hall–Kier alpha value is -1.99. The summed E-state index contributed by atoms with van der Waals surface area (Å²) >= 11 is 0. The Morgan fingerprint density at radius 1 is 1.46 bits per heavy atom. The standard InChI is InChI=1S/C17H23FN2O4/c1-24-11-16(22)19-15-9-20(6-5-13(15)10-21)17(23)8-12-3-2-4-14(18)7-12/h2-4,7,13,15,21H,5-6,8-11H2,1H3,(H,19,22)/t13-,15-/m1/s1. The summed E-state index contributed by atoms with van der Waals surface area (Å²) in [5.41, 5.74) is 0.615. The maximum absolute atomic E-state index is 13.2. The maximum Gasteiger partial charge on any atom is 0.246 e. The van der Waals surface area contributed by atoms with Crippen LogP contribution in [0.1, 0.15) is 12.0 Å². The van der Waals surface area contributed by atoms with E-state index in [4.69, 9.17) is 4.74 Å². The van der Waals surface area contributed by atoms with E-state index in [1.165, 1.54) is 19.2 Å². The number of benzene rings is 1. The number of carbonyl (C=O) groups excluding carboxylic acids is 2. The average molecular weight is 338 g/mol. The molecule has 7 heteroatoms. The number of hydrogen-bond acceptors (Lipinski definition) is 4. The van der Waals surface area contributed by atoms with Gasteiger partial charge >= 0.3 is 0 Å². The van der Waals surface area contributed by atoms with Crippen LogP contribution in [0.25, 0.3) is 0 Å². The van der Waals surface area contributed by atoms with Gasteiger partial charge in [-0.3, -0.25) is 9.59 Å². The number of hydrogen-bond donors (Lipinski definition) is 2. The summed E-state index contributed by atoms with van der Waals surface area (Å²) in [6.45, 7) is 0.723. The van der Waals surface area contributed by atoms with Crippen LogP contribution < -0.4 is 5.32 Å². The van der Waals surface area contributed by atoms with Crippen molar-refractivity contribution < 1.29 is 23.8 Å². The van der Waals surface area contributed by atoms with E-state index in [9.17, 15) is 19.1 Å². The molecule has 2 rings (SSSR count). The fraction of sp³-hybridized carbons (Fsp3) is 0.529. The van der Waals surface area contributed by atoms with Gasteiger partial charge in [0.15, 0.2) is 0 Å². The molecule has 1 aliphatic heterocycles. The first kappa shape index (κ1) is 18.4. The second kappa shape index (κ2) is 8.75. The van der Waals surface area contributed by atoms with E-state index in [0.29, 0.717) is 25.1 Å². The van der Waals surface area contributed by atoms with E-state index in [-0.39, 0.29) is 49.2 Å². The number of nitrogens with zero attached hydrogens (tertiary/aromatic N) is 1. The summed E-state index contributed by atoms with van der Waals surface area (Å²) in [6.07, 6.45) is 0.712. The van der Waals surface area contributed by atoms with Crippen molar-refractivity contribution in [2.45, 2.75) is 18.9 Å². The largest absolute Gasteiger partial charge is 0.396 e. The second-order valence-electron chi connectivity index (χ2n) is 5.98. The molecule has 1 saturated heterocycles. The van der Waals surface area contributed by atoms with Crippen LogP contribution in [0, 0.1) is 11.7 Å². The van der Waals surface area contributed by atoms with Gasteiger partial charge in [-0.1, -0.05) is 12.1 Å². The van der Waals surface area contributed by atoms with Gasteiger partial charge in [0.05, 0.1) is 12.5 Å². The molecule has 0 saturated carbocycles. The van der Waals surface area contributed by atoms with Crippen molar-refractivity contribution in [3.05, 3.63) is 35.6 Å². The normalized spacial score (nSPS) is 20.7. The fourth-order valence-electron chi connectivity index (χ4n) is 2.92. The zero-order chi connectivity index (χ0) is 17.5. The van der Waals surface area contributed by atoms with Gasteiger partial charge in [0, 0.05) is 32.7 Å². The number of carbonyl (C=O) groups is 2. The fourth-order valence-corrected chi connectivity index (χ4v) is 2.92. The highest BCUT2D eigenvalue weighted by Crippen LogP contribution is 2.19. The van der Waals surface area contributed by atoms with Crippen molar-refractivity contribution in [2.75, 3.05) is 33.4 Å². The number of ether oxygens (including phenoxy) is 1. The first-order valence-electron chi connectivity index (χ1n) is 7.95. The molecule has 1 aromatic carbocycles. The molecule has 2 N–H and O–H groups in total. The SMILES string of the molecule is COCC(=O)N[C@@H]1CN(C(=O)Cc2cccc(F)c2)CC[C@@H]1CO. The Morgan fingerprint density at radius 2 is 2.25 bits per heavy atom. The van der Waals surface area contributed by atoms with Crippen LogP contribution >= 0.6 is 0 Å². The van der Waals surface area contributed by atoms with Gasteiger partial charge in [-0.15, -0.1) is 0 Å². The number of methoxy groups -OCH3 is 1. The number of likely N-dealkylation sites (tertiary alicyclic amines) is 1. The summed E-state index contributed by atoms with van der Waals surface area (Å²) in [5.74, 6) is -0.864. The lowest BCUT2D eigenvalue weighted by molar-refractivity contribution is -0.134. The third-order valence-electron chi connectivity index (χ3n) is 4.21. The summed E-state index contributed by atoms with van der Waals surface area (Å²) in [5, 5.41) is 12.3. The Kier molecular flexibility index (Phi) is 6.69. The highest BCUT2D eigenvalue weighted by molar-refractivity contribution is 5.80. The van der Waals surface area contributed by atoms with E-state index in [1.54, 1.807) is 17.0 Å². The number of rotatable bonds is 6. The smallest absolute Gasteiger partial charge is 0.246 e. The number of aliphatic hydroxyl groups excluding tert-OH is 1. The molecule has 0 radical (unpaired) electrons. The zero-order valence-corrected chi connectivity index (χ0v) is 13.7. The topological polar surface area (TPSA) is 78.9 Å². The Labute approximate surface area is 140 Å². The number of aliphatic hydroxyl groups is 1. The lowest BCUT2D eigenvalue weighted by atomic mass is 9.91. The van der Waals surface area contributed by atoms with Crippen molar-refractivity contribution in [1.29, 1.82) is 0 Å². The summed E-state index contributed by atoms with van der Waals surface area (Å²) in [4.78, 5) is 25.8. The third-order valence-corrected chi connectivity index (χ3v) is 4.21. The molecule has 2 amide bonds. The Balaban J connectivity index is 1.97. The van der Waals surface area contributed by atoms with Gasteiger partial charge in [-0.05, 0) is 24.1 Å². The first-order valence-corrected chi connectivity index (χ1v) is 7.95. The molecule has 0 spiro atoms. The molecule has 1 aromatic rings. The molecule has 0 aromatic heterocycles. The van der Waals surface area contributed by atoms with E-state index >= 15 is 0 Å². The molecule has 1 heterocycles. The molecule has 0 bridgehead atoms. The summed E-state index contributed by atoms with van der Waals surface area (Å²) < 4.78 is 18.0. The minimum Gasteiger partial charge on any atom is -0.396 e. The van der Waals surface area contributed by atoms with Gasteiger partial charge in [-0.2, -0.15) is 0 Å². The third kappa shape index (κ3) is 5.01. The lowest BCUT2D eigenvalue weighted by Gasteiger charge is -2.38. The predicted octanol–water partition coefficient (Wildman–Crippen LogP) is 0.340. The van der Waals surface area contributed by atoms with Crippen molar-refractivity contribution >= 4 is 11.8 Å². The Morgan fingerprint density at radius 3 is 2.92 bits per heavy atom. The quantitative estimate of drug-likeness (QED) is 0.784. The monoisotopic (exact) mass is 338 g/mol. The molecular weight excluding hydrogens is 315 g/mol. The van der Waals surface area contributed by atoms with E-state index in [2.05, 4.69) is 5.32 Å². The summed E-state index contributed by atoms with van der Waals surface area (Å²) in [6, 6.07) is 5.64. The maximum atomic E-state index is 13.2. The van der Waals surface area contributed by atoms with Crippen LogP contribution in [-0.4, -0.2) is 61.3 Å². The first-order chi connectivity index (χ1) is 11.5. The zero-order valence-electron chi connectivity index (χ0n) is 13.7. The summed E-state index contributed by atoms with van der Waals surface area (Å²) in [7, 11) is 1.43. The molecule has 24 heavy (non-hydrogen) atoms. The number of piperidine rings is 1. The predicted molar refractivity (Wildman–Crippen MR) is 85.7 cm³/mol. The van der Waals surface area contributed by atoms with E-state index in [0.717, 1.165) is 0 Å². The molecule has 0 aliphatic carbocycles. The number of amides is 2. The van der Waals surface area contributed by atoms with Crippen LogP contribution in [0.2, 0.25) is 0 Å². The van der Waals surface area contributed by atoms with E-state index in [1.807, 2.05) is 0 Å². The van der Waals surface area contributed by atoms with Crippen LogP contribution in [0.4, 0.5) is 4.39 Å². The second-order valence-corrected chi connectivity index (χ2v) is 5.98. The molecule has 0 unspecified atom stereocenters. The van der Waals surface area contributed by atoms with Crippen LogP contribution in [0.3, 0.4) is 0 Å². The van der Waals surface area contributed by atoms with Crippen LogP contribution in [-0.2, 0) is 20.7 Å².